The molecule has 0 bridgehead atoms. The molecule has 1 aromatic rings. The fourth-order valence-corrected chi connectivity index (χ4v) is 1.37. The zero-order valence-corrected chi connectivity index (χ0v) is 7.55. The van der Waals surface area contributed by atoms with Gasteiger partial charge in [-0.3, -0.25) is 0 Å². The minimum Gasteiger partial charge on any atom is -0.381 e. The molecule has 1 fully saturated rings. The molecule has 5 heteroatoms. The van der Waals surface area contributed by atoms with Crippen LogP contribution in [0.3, 0.4) is 0 Å². The van der Waals surface area contributed by atoms with Gasteiger partial charge in [0, 0.05) is 18.2 Å². The molecule has 13 heavy (non-hydrogen) atoms. The Kier molecular flexibility index (Phi) is 2.35. The van der Waals surface area contributed by atoms with E-state index in [0.717, 1.165) is 25.3 Å². The maximum Gasteiger partial charge on any atom is 0.141 e. The van der Waals surface area contributed by atoms with Gasteiger partial charge in [-0.05, 0) is 13.3 Å². The Bertz CT molecular complexity index is 287. The average molecular weight is 180 g/mol. The summed E-state index contributed by atoms with van der Waals surface area (Å²) in [4.78, 5) is 0. The van der Waals surface area contributed by atoms with E-state index in [-0.39, 0.29) is 0 Å². The molecular formula is C8H12N4O. The molecule has 1 aliphatic rings. The van der Waals surface area contributed by atoms with Crippen molar-refractivity contribution in [1.82, 2.24) is 14.9 Å². The minimum atomic E-state index is 0.461. The van der Waals surface area contributed by atoms with Crippen molar-refractivity contribution < 1.29 is 4.74 Å². The van der Waals surface area contributed by atoms with Crippen molar-refractivity contribution in [2.75, 3.05) is 13.2 Å². The van der Waals surface area contributed by atoms with E-state index in [2.05, 4.69) is 15.3 Å². The zero-order valence-electron chi connectivity index (χ0n) is 7.55. The first kappa shape index (κ1) is 8.37. The number of hydrogen-bond acceptors (Lipinski definition) is 4. The highest BCUT2D eigenvalue weighted by Gasteiger charge is 2.18. The van der Waals surface area contributed by atoms with Gasteiger partial charge in [0.2, 0.25) is 0 Å². The molecule has 0 N–H and O–H groups in total. The van der Waals surface area contributed by atoms with Gasteiger partial charge in [0.25, 0.3) is 0 Å². The van der Waals surface area contributed by atoms with E-state index in [9.17, 15) is 0 Å². The lowest BCUT2D eigenvalue weighted by Crippen LogP contribution is -2.11. The van der Waals surface area contributed by atoms with Crippen LogP contribution < -0.4 is 0 Å². The summed E-state index contributed by atoms with van der Waals surface area (Å²) < 4.78 is 6.89. The van der Waals surface area contributed by atoms with Crippen molar-refractivity contribution in [3.05, 3.63) is 12.7 Å². The van der Waals surface area contributed by atoms with E-state index in [0.29, 0.717) is 5.92 Å². The molecular weight excluding hydrogens is 168 g/mol. The number of nitrogens with zero attached hydrogens (tertiary/aromatic N) is 4. The fourth-order valence-electron chi connectivity index (χ4n) is 1.37. The third-order valence-corrected chi connectivity index (χ3v) is 2.20. The molecule has 2 rings (SSSR count). The van der Waals surface area contributed by atoms with Gasteiger partial charge >= 0.3 is 0 Å². The average Bonchev–Trinajstić information content (AvgIpc) is 2.74. The Hall–Kier alpha value is -1.23. The molecule has 5 nitrogen and oxygen atoms in total. The second-order valence-electron chi connectivity index (χ2n) is 3.14. The standard InChI is InChI=1S/C8H12N4O/c1-7(8-2-3-13-4-8)11-12-5-9-10-6-12/h5-6,8H,2-4H2,1H3/b11-7-. The van der Waals surface area contributed by atoms with E-state index in [1.54, 1.807) is 17.3 Å². The Balaban J connectivity index is 2.07. The molecule has 1 saturated heterocycles. The molecule has 70 valence electrons. The number of rotatable bonds is 2. The largest absolute Gasteiger partial charge is 0.381 e. The first-order valence-electron chi connectivity index (χ1n) is 4.34. The monoisotopic (exact) mass is 180 g/mol. The topological polar surface area (TPSA) is 52.3 Å². The van der Waals surface area contributed by atoms with Crippen molar-refractivity contribution in [2.24, 2.45) is 11.0 Å². The highest BCUT2D eigenvalue weighted by Crippen LogP contribution is 2.14. The first-order chi connectivity index (χ1) is 6.36. The van der Waals surface area contributed by atoms with Crippen LogP contribution in [-0.2, 0) is 4.74 Å². The number of ether oxygens (including phenoxy) is 1. The first-order valence-corrected chi connectivity index (χ1v) is 4.34. The lowest BCUT2D eigenvalue weighted by atomic mass is 10.0. The van der Waals surface area contributed by atoms with Crippen LogP contribution in [0.4, 0.5) is 0 Å². The van der Waals surface area contributed by atoms with Crippen LogP contribution in [0.2, 0.25) is 0 Å². The van der Waals surface area contributed by atoms with Crippen molar-refractivity contribution in [3.8, 4) is 0 Å². The van der Waals surface area contributed by atoms with Crippen LogP contribution in [-0.4, -0.2) is 33.8 Å². The molecule has 1 aromatic heterocycles. The molecule has 0 saturated carbocycles. The Labute approximate surface area is 76.4 Å². The second kappa shape index (κ2) is 3.66. The lowest BCUT2D eigenvalue weighted by molar-refractivity contribution is 0.193. The molecule has 1 aliphatic heterocycles. The van der Waals surface area contributed by atoms with Gasteiger partial charge in [-0.15, -0.1) is 10.2 Å². The summed E-state index contributed by atoms with van der Waals surface area (Å²) in [6.45, 7) is 3.65. The van der Waals surface area contributed by atoms with E-state index in [4.69, 9.17) is 4.74 Å². The van der Waals surface area contributed by atoms with Crippen LogP contribution in [0.5, 0.6) is 0 Å². The van der Waals surface area contributed by atoms with Gasteiger partial charge in [-0.1, -0.05) is 0 Å². The van der Waals surface area contributed by atoms with Crippen molar-refractivity contribution in [2.45, 2.75) is 13.3 Å². The summed E-state index contributed by atoms with van der Waals surface area (Å²) in [6, 6.07) is 0. The van der Waals surface area contributed by atoms with Crippen LogP contribution in [0.15, 0.2) is 17.8 Å². The molecule has 0 radical (unpaired) electrons. The molecule has 0 amide bonds. The minimum absolute atomic E-state index is 0.461. The third-order valence-electron chi connectivity index (χ3n) is 2.20. The lowest BCUT2D eigenvalue weighted by Gasteiger charge is -2.05. The number of hydrogen-bond donors (Lipinski definition) is 0. The Morgan fingerprint density at radius 3 is 2.92 bits per heavy atom. The molecule has 0 spiro atoms. The van der Waals surface area contributed by atoms with E-state index < -0.39 is 0 Å². The third kappa shape index (κ3) is 1.92. The summed E-state index contributed by atoms with van der Waals surface area (Å²) >= 11 is 0. The van der Waals surface area contributed by atoms with E-state index in [1.165, 1.54) is 0 Å². The smallest absolute Gasteiger partial charge is 0.141 e. The van der Waals surface area contributed by atoms with Crippen LogP contribution in [0.1, 0.15) is 13.3 Å². The molecule has 0 aliphatic carbocycles. The summed E-state index contributed by atoms with van der Waals surface area (Å²) in [5.41, 5.74) is 1.08. The van der Waals surface area contributed by atoms with Gasteiger partial charge in [0.15, 0.2) is 0 Å². The van der Waals surface area contributed by atoms with E-state index >= 15 is 0 Å². The summed E-state index contributed by atoms with van der Waals surface area (Å²) in [7, 11) is 0. The predicted octanol–water partition coefficient (Wildman–Crippen LogP) is 0.539. The van der Waals surface area contributed by atoms with Gasteiger partial charge in [0.05, 0.1) is 6.61 Å². The quantitative estimate of drug-likeness (QED) is 0.624. The maximum absolute atomic E-state index is 5.28. The van der Waals surface area contributed by atoms with Crippen molar-refractivity contribution in [1.29, 1.82) is 0 Å². The normalized spacial score (nSPS) is 23.8. The molecule has 0 aromatic carbocycles. The van der Waals surface area contributed by atoms with Gasteiger partial charge in [-0.2, -0.15) is 5.10 Å². The van der Waals surface area contributed by atoms with Gasteiger partial charge < -0.3 is 4.74 Å². The molecule has 1 atom stereocenters. The van der Waals surface area contributed by atoms with Gasteiger partial charge in [0.1, 0.15) is 12.7 Å². The maximum atomic E-state index is 5.28. The summed E-state index contributed by atoms with van der Waals surface area (Å²) in [5.74, 6) is 0.461. The van der Waals surface area contributed by atoms with Crippen LogP contribution >= 0.6 is 0 Å². The second-order valence-corrected chi connectivity index (χ2v) is 3.14. The highest BCUT2D eigenvalue weighted by atomic mass is 16.5. The molecule has 2 heterocycles. The number of aromatic nitrogens is 3. The van der Waals surface area contributed by atoms with Crippen LogP contribution in [0.25, 0.3) is 0 Å². The Morgan fingerprint density at radius 2 is 2.31 bits per heavy atom. The van der Waals surface area contributed by atoms with Crippen LogP contribution in [0, 0.1) is 5.92 Å². The fraction of sp³-hybridized carbons (Fsp3) is 0.625. The molecule has 1 unspecified atom stereocenters. The van der Waals surface area contributed by atoms with Crippen molar-refractivity contribution >= 4 is 5.71 Å². The summed E-state index contributed by atoms with van der Waals surface area (Å²) in [5, 5.41) is 11.7. The SMILES string of the molecule is C/C(=N/n1cnnc1)C1CCOC1. The van der Waals surface area contributed by atoms with Crippen molar-refractivity contribution in [3.63, 3.8) is 0 Å². The van der Waals surface area contributed by atoms with Gasteiger partial charge in [-0.25, -0.2) is 4.68 Å². The zero-order chi connectivity index (χ0) is 9.10. The summed E-state index contributed by atoms with van der Waals surface area (Å²) in [6.07, 6.45) is 4.23. The highest BCUT2D eigenvalue weighted by molar-refractivity contribution is 5.84. The predicted molar refractivity (Wildman–Crippen MR) is 47.5 cm³/mol. The Morgan fingerprint density at radius 1 is 1.54 bits per heavy atom. The van der Waals surface area contributed by atoms with E-state index in [1.807, 2.05) is 6.92 Å².